The van der Waals surface area contributed by atoms with Gasteiger partial charge in [-0.05, 0) is 36.2 Å². The van der Waals surface area contributed by atoms with Gasteiger partial charge in [-0.3, -0.25) is 10.1 Å². The van der Waals surface area contributed by atoms with Crippen LogP contribution >= 0.6 is 15.9 Å². The van der Waals surface area contributed by atoms with E-state index in [4.69, 9.17) is 9.59 Å². The van der Waals surface area contributed by atoms with Gasteiger partial charge in [-0.15, -0.1) is 0 Å². The Morgan fingerprint density at radius 3 is 2.35 bits per heavy atom. The molecule has 3 aromatic rings. The Morgan fingerprint density at radius 2 is 1.73 bits per heavy atom. The van der Waals surface area contributed by atoms with Crippen LogP contribution in [0, 0.1) is 17.0 Å². The Bertz CT molecular complexity index is 945. The molecule has 0 aliphatic heterocycles. The van der Waals surface area contributed by atoms with Gasteiger partial charge in [0.25, 0.3) is 5.69 Å². The average Bonchev–Trinajstić information content (AvgIpc) is 2.97. The van der Waals surface area contributed by atoms with Gasteiger partial charge in [0.2, 0.25) is 0 Å². The minimum atomic E-state index is -0.335. The van der Waals surface area contributed by atoms with Crippen molar-refractivity contribution in [3.63, 3.8) is 0 Å². The molecule has 0 atom stereocenters. The first-order valence-electron chi connectivity index (χ1n) is 7.60. The van der Waals surface area contributed by atoms with Crippen molar-refractivity contribution in [2.75, 3.05) is 0 Å². The fourth-order valence-electron chi connectivity index (χ4n) is 2.62. The summed E-state index contributed by atoms with van der Waals surface area (Å²) in [7, 11) is 0. The van der Waals surface area contributed by atoms with Gasteiger partial charge in [-0.2, -0.15) is 9.59 Å². The zero-order chi connectivity index (χ0) is 19.1. The van der Waals surface area contributed by atoms with Gasteiger partial charge in [-0.25, -0.2) is 0 Å². The van der Waals surface area contributed by atoms with E-state index in [9.17, 15) is 10.1 Å². The predicted molar refractivity (Wildman–Crippen MR) is 99.5 cm³/mol. The maximum absolute atomic E-state index is 11.2. The Labute approximate surface area is 158 Å². The lowest BCUT2D eigenvalue weighted by Crippen LogP contribution is -2.03. The van der Waals surface area contributed by atoms with Crippen LogP contribution in [0.1, 0.15) is 11.3 Å². The Morgan fingerprint density at radius 1 is 1.08 bits per heavy atom. The van der Waals surface area contributed by atoms with E-state index >= 15 is 0 Å². The zero-order valence-corrected chi connectivity index (χ0v) is 15.5. The summed E-state index contributed by atoms with van der Waals surface area (Å²) in [5, 5.41) is 11.2. The molecule has 0 aliphatic carbocycles. The van der Waals surface area contributed by atoms with Crippen LogP contribution in [-0.2, 0) is 16.1 Å². The highest BCUT2D eigenvalue weighted by Gasteiger charge is 2.15. The number of benzene rings is 2. The number of nitrogens with zero attached hydrogens (tertiary/aromatic N) is 2. The van der Waals surface area contributed by atoms with Gasteiger partial charge in [0, 0.05) is 22.4 Å². The minimum Gasteiger partial charge on any atom is -0.346 e. The van der Waals surface area contributed by atoms with Crippen molar-refractivity contribution in [3.8, 4) is 11.1 Å². The summed E-state index contributed by atoms with van der Waals surface area (Å²) in [6.07, 6.45) is 2.29. The molecule has 132 valence electrons. The van der Waals surface area contributed by atoms with Crippen molar-refractivity contribution in [2.45, 2.75) is 13.5 Å². The molecule has 26 heavy (non-hydrogen) atoms. The summed E-state index contributed by atoms with van der Waals surface area (Å²) in [6, 6.07) is 17.2. The normalized spacial score (nSPS) is 9.77. The lowest BCUT2D eigenvalue weighted by Gasteiger charge is -2.07. The Kier molecular flexibility index (Phi) is 6.60. The van der Waals surface area contributed by atoms with Crippen molar-refractivity contribution in [2.24, 2.45) is 0 Å². The topological polar surface area (TPSA) is 82.2 Å². The number of hydrogen-bond donors (Lipinski definition) is 0. The molecule has 0 saturated heterocycles. The number of aromatic nitrogens is 1. The van der Waals surface area contributed by atoms with E-state index < -0.39 is 0 Å². The van der Waals surface area contributed by atoms with Crippen LogP contribution in [0.25, 0.3) is 11.1 Å². The molecule has 0 saturated carbocycles. The molecule has 0 spiro atoms. The fraction of sp³-hybridized carbons (Fsp3) is 0.105. The molecular formula is C19H15BrN2O4. The molecular weight excluding hydrogens is 400 g/mol. The van der Waals surface area contributed by atoms with E-state index in [0.717, 1.165) is 21.3 Å². The van der Waals surface area contributed by atoms with Crippen molar-refractivity contribution < 1.29 is 14.5 Å². The highest BCUT2D eigenvalue weighted by molar-refractivity contribution is 9.10. The van der Waals surface area contributed by atoms with Crippen molar-refractivity contribution in [1.29, 1.82) is 0 Å². The van der Waals surface area contributed by atoms with Crippen LogP contribution < -0.4 is 0 Å². The Balaban J connectivity index is 0.000000758. The summed E-state index contributed by atoms with van der Waals surface area (Å²) in [5.41, 5.74) is 4.14. The SMILES string of the molecule is Cc1cc(-c2ccccc2)cn1Cc1cc(Br)ccc1[N+](=O)[O-].O=C=O. The first kappa shape index (κ1) is 19.3. The second-order valence-electron chi connectivity index (χ2n) is 5.48. The molecule has 1 aromatic heterocycles. The zero-order valence-electron chi connectivity index (χ0n) is 13.9. The number of nitro groups is 1. The molecule has 7 heteroatoms. The van der Waals surface area contributed by atoms with E-state index in [1.54, 1.807) is 12.1 Å². The van der Waals surface area contributed by atoms with Crippen molar-refractivity contribution in [1.82, 2.24) is 4.57 Å². The van der Waals surface area contributed by atoms with Crippen molar-refractivity contribution in [3.05, 3.63) is 86.6 Å². The van der Waals surface area contributed by atoms with Crippen molar-refractivity contribution >= 4 is 27.8 Å². The summed E-state index contributed by atoms with van der Waals surface area (Å²) >= 11 is 3.39. The first-order chi connectivity index (χ1) is 12.5. The molecule has 3 rings (SSSR count). The second kappa shape index (κ2) is 8.89. The minimum absolute atomic E-state index is 0.141. The van der Waals surface area contributed by atoms with E-state index in [1.165, 1.54) is 6.07 Å². The van der Waals surface area contributed by atoms with Gasteiger partial charge >= 0.3 is 6.15 Å². The average molecular weight is 415 g/mol. The molecule has 0 bridgehead atoms. The molecule has 1 heterocycles. The maximum Gasteiger partial charge on any atom is 0.373 e. The third kappa shape index (κ3) is 4.75. The largest absolute Gasteiger partial charge is 0.373 e. The summed E-state index contributed by atoms with van der Waals surface area (Å²) < 4.78 is 2.88. The molecule has 0 radical (unpaired) electrons. The monoisotopic (exact) mass is 414 g/mol. The third-order valence-electron chi connectivity index (χ3n) is 3.80. The molecule has 0 amide bonds. The van der Waals surface area contributed by atoms with Gasteiger partial charge < -0.3 is 4.57 Å². The standard InChI is InChI=1S/C18H15BrN2O2.CO2/c1-13-9-15(14-5-3-2-4-6-14)11-20(13)12-16-10-17(19)7-8-18(16)21(22)23;2-1-3/h2-11H,12H2,1H3;. The van der Waals surface area contributed by atoms with Crippen LogP contribution in [0.4, 0.5) is 5.69 Å². The third-order valence-corrected chi connectivity index (χ3v) is 4.29. The lowest BCUT2D eigenvalue weighted by atomic mass is 10.1. The molecule has 6 nitrogen and oxygen atoms in total. The van der Waals surface area contributed by atoms with E-state index in [-0.39, 0.29) is 16.8 Å². The fourth-order valence-corrected chi connectivity index (χ4v) is 3.02. The smallest absolute Gasteiger partial charge is 0.346 e. The van der Waals surface area contributed by atoms with Gasteiger partial charge in [-0.1, -0.05) is 46.3 Å². The van der Waals surface area contributed by atoms with Crippen LogP contribution in [0.3, 0.4) is 0 Å². The quantitative estimate of drug-likeness (QED) is 0.461. The lowest BCUT2D eigenvalue weighted by molar-refractivity contribution is -0.385. The molecule has 0 fully saturated rings. The maximum atomic E-state index is 11.2. The van der Waals surface area contributed by atoms with Crippen LogP contribution in [0.5, 0.6) is 0 Å². The molecule has 0 unspecified atom stereocenters. The highest BCUT2D eigenvalue weighted by Crippen LogP contribution is 2.27. The van der Waals surface area contributed by atoms with Crippen LogP contribution in [0.15, 0.2) is 65.3 Å². The first-order valence-corrected chi connectivity index (χ1v) is 8.40. The number of rotatable bonds is 4. The molecule has 0 aliphatic rings. The number of aryl methyl sites for hydroxylation is 1. The predicted octanol–water partition coefficient (Wildman–Crippen LogP) is 4.60. The highest BCUT2D eigenvalue weighted by atomic mass is 79.9. The number of halogens is 1. The second-order valence-corrected chi connectivity index (χ2v) is 6.39. The van der Waals surface area contributed by atoms with Crippen LogP contribution in [0.2, 0.25) is 0 Å². The van der Waals surface area contributed by atoms with E-state index in [2.05, 4.69) is 34.1 Å². The number of nitro benzene ring substituents is 1. The van der Waals surface area contributed by atoms with E-state index in [1.807, 2.05) is 35.9 Å². The van der Waals surface area contributed by atoms with Crippen LogP contribution in [-0.4, -0.2) is 15.6 Å². The number of carbonyl (C=O) groups excluding carboxylic acids is 2. The summed E-state index contributed by atoms with van der Waals surface area (Å²) in [5.74, 6) is 0. The van der Waals surface area contributed by atoms with Gasteiger partial charge in [0.1, 0.15) is 0 Å². The summed E-state index contributed by atoms with van der Waals surface area (Å²) in [4.78, 5) is 27.1. The Hall–Kier alpha value is -3.02. The molecule has 0 N–H and O–H groups in total. The molecule has 2 aromatic carbocycles. The van der Waals surface area contributed by atoms with Gasteiger partial charge in [0.05, 0.1) is 17.0 Å². The van der Waals surface area contributed by atoms with E-state index in [0.29, 0.717) is 12.1 Å². The van der Waals surface area contributed by atoms with Gasteiger partial charge in [0.15, 0.2) is 0 Å². The number of hydrogen-bond acceptors (Lipinski definition) is 4. The summed E-state index contributed by atoms with van der Waals surface area (Å²) in [6.45, 7) is 2.48.